The van der Waals surface area contributed by atoms with Crippen LogP contribution < -0.4 is 5.32 Å². The zero-order valence-corrected chi connectivity index (χ0v) is 16.3. The highest BCUT2D eigenvalue weighted by atomic mass is 32.2. The van der Waals surface area contributed by atoms with Gasteiger partial charge < -0.3 is 14.6 Å². The van der Waals surface area contributed by atoms with E-state index in [0.29, 0.717) is 28.8 Å². The maximum absolute atomic E-state index is 12.1. The van der Waals surface area contributed by atoms with E-state index in [4.69, 9.17) is 0 Å². The predicted molar refractivity (Wildman–Crippen MR) is 106 cm³/mol. The van der Waals surface area contributed by atoms with Crippen molar-refractivity contribution in [1.29, 1.82) is 0 Å². The van der Waals surface area contributed by atoms with Crippen LogP contribution in [-0.2, 0) is 16.1 Å². The Kier molecular flexibility index (Phi) is 6.38. The predicted octanol–water partition coefficient (Wildman–Crippen LogP) is 2.88. The lowest BCUT2D eigenvalue weighted by Crippen LogP contribution is -2.14. The normalized spacial score (nSPS) is 10.5. The van der Waals surface area contributed by atoms with Crippen LogP contribution in [0.5, 0.6) is 0 Å². The minimum absolute atomic E-state index is 0.121. The average Bonchev–Trinajstić information content (AvgIpc) is 3.15. The Hall–Kier alpha value is -3.20. The van der Waals surface area contributed by atoms with E-state index in [9.17, 15) is 9.59 Å². The summed E-state index contributed by atoms with van der Waals surface area (Å²) < 4.78 is 6.55. The molecule has 9 heteroatoms. The molecule has 1 N–H and O–H groups in total. The summed E-state index contributed by atoms with van der Waals surface area (Å²) in [6.07, 6.45) is 1.44. The minimum Gasteiger partial charge on any atom is -0.465 e. The second-order valence-corrected chi connectivity index (χ2v) is 6.62. The first-order valence-corrected chi connectivity index (χ1v) is 9.56. The molecule has 1 amide bonds. The van der Waals surface area contributed by atoms with Gasteiger partial charge in [0.15, 0.2) is 11.0 Å². The summed E-state index contributed by atoms with van der Waals surface area (Å²) in [4.78, 5) is 28.0. The van der Waals surface area contributed by atoms with E-state index in [2.05, 4.69) is 25.2 Å². The van der Waals surface area contributed by atoms with E-state index in [1.165, 1.54) is 25.1 Å². The van der Waals surface area contributed by atoms with Crippen molar-refractivity contribution in [3.05, 3.63) is 54.2 Å². The van der Waals surface area contributed by atoms with Crippen LogP contribution in [0.1, 0.15) is 17.3 Å². The van der Waals surface area contributed by atoms with Crippen LogP contribution in [0.25, 0.3) is 11.5 Å². The number of hydrogen-bond donors (Lipinski definition) is 1. The van der Waals surface area contributed by atoms with Gasteiger partial charge in [-0.1, -0.05) is 30.0 Å². The lowest BCUT2D eigenvalue weighted by molar-refractivity contribution is -0.113. The summed E-state index contributed by atoms with van der Waals surface area (Å²) in [7, 11) is 1.32. The van der Waals surface area contributed by atoms with E-state index in [1.807, 2.05) is 41.8 Å². The van der Waals surface area contributed by atoms with Gasteiger partial charge in [0.2, 0.25) is 5.91 Å². The molecule has 3 aromatic rings. The molecule has 0 saturated heterocycles. The van der Waals surface area contributed by atoms with Crippen molar-refractivity contribution >= 4 is 29.3 Å². The first-order chi connectivity index (χ1) is 13.6. The fraction of sp³-hybridized carbons (Fsp3) is 0.211. The van der Waals surface area contributed by atoms with Crippen LogP contribution in [0.3, 0.4) is 0 Å². The molecule has 8 nitrogen and oxygen atoms in total. The first kappa shape index (κ1) is 19.6. The number of esters is 1. The number of thioether (sulfide) groups is 1. The van der Waals surface area contributed by atoms with E-state index < -0.39 is 5.97 Å². The van der Waals surface area contributed by atoms with Gasteiger partial charge in [-0.3, -0.25) is 9.78 Å². The van der Waals surface area contributed by atoms with Gasteiger partial charge in [-0.2, -0.15) is 0 Å². The molecular formula is C19H19N5O3S. The number of ether oxygens (including phenoxy) is 1. The quantitative estimate of drug-likeness (QED) is 0.483. The van der Waals surface area contributed by atoms with E-state index in [1.54, 1.807) is 12.1 Å². The molecule has 0 aliphatic rings. The SMILES string of the molecule is CCn1c(SCC(=O)Nc2ccccc2)nnc1-c1ccc(C(=O)OC)cn1. The summed E-state index contributed by atoms with van der Waals surface area (Å²) in [6, 6.07) is 12.6. The fourth-order valence-electron chi connectivity index (χ4n) is 2.48. The largest absolute Gasteiger partial charge is 0.465 e. The van der Waals surface area contributed by atoms with Crippen molar-refractivity contribution in [3.8, 4) is 11.5 Å². The number of carbonyl (C=O) groups is 2. The Morgan fingerprint density at radius 3 is 2.57 bits per heavy atom. The number of amides is 1. The summed E-state index contributed by atoms with van der Waals surface area (Å²) in [5.41, 5.74) is 1.70. The smallest absolute Gasteiger partial charge is 0.339 e. The topological polar surface area (TPSA) is 99.0 Å². The minimum atomic E-state index is -0.448. The zero-order chi connectivity index (χ0) is 19.9. The third-order valence-electron chi connectivity index (χ3n) is 3.84. The third-order valence-corrected chi connectivity index (χ3v) is 4.80. The highest BCUT2D eigenvalue weighted by Crippen LogP contribution is 2.23. The number of nitrogens with zero attached hydrogens (tertiary/aromatic N) is 4. The fourth-order valence-corrected chi connectivity index (χ4v) is 3.29. The zero-order valence-electron chi connectivity index (χ0n) is 15.5. The molecule has 0 saturated carbocycles. The molecule has 28 heavy (non-hydrogen) atoms. The molecule has 2 aromatic heterocycles. The van der Waals surface area contributed by atoms with Gasteiger partial charge >= 0.3 is 5.97 Å². The number of para-hydroxylation sites is 1. The molecule has 0 radical (unpaired) electrons. The van der Waals surface area contributed by atoms with Crippen LogP contribution in [0.15, 0.2) is 53.8 Å². The number of pyridine rings is 1. The summed E-state index contributed by atoms with van der Waals surface area (Å²) in [5.74, 6) is 0.215. The number of benzene rings is 1. The van der Waals surface area contributed by atoms with Gasteiger partial charge in [0.25, 0.3) is 0 Å². The Bertz CT molecular complexity index is 957. The third kappa shape index (κ3) is 4.55. The molecule has 2 heterocycles. The second kappa shape index (κ2) is 9.14. The van der Waals surface area contributed by atoms with Gasteiger partial charge in [0, 0.05) is 18.4 Å². The summed E-state index contributed by atoms with van der Waals surface area (Å²) in [5, 5.41) is 11.8. The molecule has 0 aliphatic heterocycles. The van der Waals surface area contributed by atoms with Crippen molar-refractivity contribution in [2.75, 3.05) is 18.2 Å². The van der Waals surface area contributed by atoms with Crippen LogP contribution in [-0.4, -0.2) is 44.5 Å². The number of anilines is 1. The van der Waals surface area contributed by atoms with Crippen molar-refractivity contribution < 1.29 is 14.3 Å². The molecule has 0 unspecified atom stereocenters. The molecule has 0 atom stereocenters. The van der Waals surface area contributed by atoms with Gasteiger partial charge in [-0.05, 0) is 31.2 Å². The van der Waals surface area contributed by atoms with Gasteiger partial charge in [0.1, 0.15) is 5.69 Å². The lowest BCUT2D eigenvalue weighted by Gasteiger charge is -2.08. The highest BCUT2D eigenvalue weighted by molar-refractivity contribution is 7.99. The summed E-state index contributed by atoms with van der Waals surface area (Å²) in [6.45, 7) is 2.58. The Morgan fingerprint density at radius 2 is 1.93 bits per heavy atom. The Morgan fingerprint density at radius 1 is 1.14 bits per heavy atom. The number of hydrogen-bond acceptors (Lipinski definition) is 7. The van der Waals surface area contributed by atoms with Crippen LogP contribution in [0, 0.1) is 0 Å². The Labute approximate surface area is 166 Å². The van der Waals surface area contributed by atoms with Crippen LogP contribution in [0.2, 0.25) is 0 Å². The molecule has 0 bridgehead atoms. The molecule has 3 rings (SSSR count). The number of nitrogens with one attached hydrogen (secondary N) is 1. The second-order valence-electron chi connectivity index (χ2n) is 5.68. The maximum Gasteiger partial charge on any atom is 0.339 e. The molecule has 0 fully saturated rings. The van der Waals surface area contributed by atoms with Gasteiger partial charge in [-0.15, -0.1) is 10.2 Å². The van der Waals surface area contributed by atoms with E-state index >= 15 is 0 Å². The van der Waals surface area contributed by atoms with Crippen molar-refractivity contribution in [2.45, 2.75) is 18.6 Å². The molecule has 1 aromatic carbocycles. The van der Waals surface area contributed by atoms with Gasteiger partial charge in [0.05, 0.1) is 18.4 Å². The molecule has 144 valence electrons. The number of aromatic nitrogens is 4. The lowest BCUT2D eigenvalue weighted by atomic mass is 10.2. The van der Waals surface area contributed by atoms with Crippen molar-refractivity contribution in [1.82, 2.24) is 19.7 Å². The average molecular weight is 397 g/mol. The van der Waals surface area contributed by atoms with Crippen LogP contribution >= 0.6 is 11.8 Å². The number of carbonyl (C=O) groups excluding carboxylic acids is 2. The van der Waals surface area contributed by atoms with Crippen LogP contribution in [0.4, 0.5) is 5.69 Å². The molecule has 0 spiro atoms. The van der Waals surface area contributed by atoms with Gasteiger partial charge in [-0.25, -0.2) is 4.79 Å². The number of rotatable bonds is 7. The molecular weight excluding hydrogens is 378 g/mol. The first-order valence-electron chi connectivity index (χ1n) is 8.58. The van der Waals surface area contributed by atoms with Crippen molar-refractivity contribution in [3.63, 3.8) is 0 Å². The highest BCUT2D eigenvalue weighted by Gasteiger charge is 2.16. The molecule has 0 aliphatic carbocycles. The summed E-state index contributed by atoms with van der Waals surface area (Å²) >= 11 is 1.30. The number of methoxy groups -OCH3 is 1. The Balaban J connectivity index is 1.69. The van der Waals surface area contributed by atoms with Crippen molar-refractivity contribution in [2.24, 2.45) is 0 Å². The monoisotopic (exact) mass is 397 g/mol. The maximum atomic E-state index is 12.1. The van der Waals surface area contributed by atoms with E-state index in [0.717, 1.165) is 5.69 Å². The standard InChI is InChI=1S/C19H19N5O3S/c1-3-24-17(15-10-9-13(11-20-15)18(26)27-2)22-23-19(24)28-12-16(25)21-14-7-5-4-6-8-14/h4-11H,3,12H2,1-2H3,(H,21,25). The van der Waals surface area contributed by atoms with E-state index in [-0.39, 0.29) is 11.7 Å².